The Bertz CT molecular complexity index is 1060. The van der Waals surface area contributed by atoms with Gasteiger partial charge in [-0.3, -0.25) is 19.1 Å². The zero-order chi connectivity index (χ0) is 23.0. The molecule has 4 heterocycles. The quantitative estimate of drug-likeness (QED) is 0.517. The predicted molar refractivity (Wildman–Crippen MR) is 107 cm³/mol. The van der Waals surface area contributed by atoms with Gasteiger partial charge >= 0.3 is 6.18 Å². The van der Waals surface area contributed by atoms with Crippen LogP contribution in [0.4, 0.5) is 29.3 Å². The lowest BCUT2D eigenvalue weighted by Crippen LogP contribution is -2.50. The number of pyridine rings is 1. The van der Waals surface area contributed by atoms with E-state index in [9.17, 15) is 22.8 Å². The van der Waals surface area contributed by atoms with E-state index >= 15 is 4.39 Å². The van der Waals surface area contributed by atoms with Crippen LogP contribution < -0.4 is 15.4 Å². The third kappa shape index (κ3) is 4.06. The number of halogens is 4. The van der Waals surface area contributed by atoms with Crippen LogP contribution in [-0.4, -0.2) is 65.4 Å². The van der Waals surface area contributed by atoms with Crippen molar-refractivity contribution in [2.45, 2.75) is 31.6 Å². The molecule has 32 heavy (non-hydrogen) atoms. The highest BCUT2D eigenvalue weighted by molar-refractivity contribution is 5.97. The normalized spacial score (nSPS) is 21.4. The van der Waals surface area contributed by atoms with Gasteiger partial charge in [0, 0.05) is 19.3 Å². The van der Waals surface area contributed by atoms with E-state index in [-0.39, 0.29) is 56.4 Å². The van der Waals surface area contributed by atoms with Crippen LogP contribution in [0.1, 0.15) is 29.9 Å². The third-order valence-corrected chi connectivity index (χ3v) is 5.59. The van der Waals surface area contributed by atoms with Gasteiger partial charge in [-0.05, 0) is 25.5 Å². The van der Waals surface area contributed by atoms with E-state index in [0.29, 0.717) is 4.57 Å². The lowest BCUT2D eigenvalue weighted by molar-refractivity contribution is -0.171. The van der Waals surface area contributed by atoms with Gasteiger partial charge in [-0.25, -0.2) is 0 Å². The number of hydrogen-bond acceptors (Lipinski definition) is 7. The number of alkyl halides is 3. The molecule has 8 nitrogen and oxygen atoms in total. The summed E-state index contributed by atoms with van der Waals surface area (Å²) in [6.07, 6.45) is -3.87. The lowest BCUT2D eigenvalue weighted by Gasteiger charge is -2.38. The summed E-state index contributed by atoms with van der Waals surface area (Å²) in [5.41, 5.74) is -1.29. The molecular weight excluding hydrogens is 434 g/mol. The van der Waals surface area contributed by atoms with Crippen LogP contribution in [0, 0.1) is 5.82 Å². The molecule has 0 N–H and O–H groups in total. The number of carbonyl (C=O) groups excluding carboxylic acids is 1. The Kier molecular flexibility index (Phi) is 5.89. The van der Waals surface area contributed by atoms with Gasteiger partial charge in [-0.15, -0.1) is 0 Å². The van der Waals surface area contributed by atoms with Crippen LogP contribution in [0.2, 0.25) is 0 Å². The minimum Gasteiger partial charge on any atom is -0.377 e. The fraction of sp³-hybridized carbons (Fsp3) is 0.500. The number of nitrogens with zero attached hydrogens (tertiary/aromatic N) is 5. The first-order valence-corrected chi connectivity index (χ1v) is 10.1. The number of anilines is 2. The summed E-state index contributed by atoms with van der Waals surface area (Å²) in [6, 6.07) is 2.15. The smallest absolute Gasteiger partial charge is 0.377 e. The minimum atomic E-state index is -4.78. The molecular formula is C20H21F4N5O3. The summed E-state index contributed by atoms with van der Waals surface area (Å²) in [5, 5.41) is 0. The summed E-state index contributed by atoms with van der Waals surface area (Å²) >= 11 is 0. The molecule has 0 saturated carbocycles. The van der Waals surface area contributed by atoms with Crippen molar-refractivity contribution in [1.29, 1.82) is 0 Å². The second-order valence-corrected chi connectivity index (χ2v) is 7.75. The van der Waals surface area contributed by atoms with Crippen molar-refractivity contribution in [1.82, 2.24) is 14.5 Å². The SMILES string of the molecule is CC1COCCN1c1nc2n(c(=O)c1F)C(C(F)(F)F)CCN2CC(=O)c1ccccn1. The Hall–Kier alpha value is -3.02. The van der Waals surface area contributed by atoms with Crippen molar-refractivity contribution in [3.05, 3.63) is 46.3 Å². The average Bonchev–Trinajstić information content (AvgIpc) is 2.76. The van der Waals surface area contributed by atoms with Crippen LogP contribution >= 0.6 is 0 Å². The molecule has 4 rings (SSSR count). The molecule has 2 aliphatic heterocycles. The predicted octanol–water partition coefficient (Wildman–Crippen LogP) is 2.20. The van der Waals surface area contributed by atoms with Crippen molar-refractivity contribution >= 4 is 17.5 Å². The number of morpholine rings is 1. The van der Waals surface area contributed by atoms with E-state index in [0.717, 1.165) is 0 Å². The van der Waals surface area contributed by atoms with Gasteiger partial charge in [-0.2, -0.15) is 22.5 Å². The molecule has 2 aromatic rings. The summed E-state index contributed by atoms with van der Waals surface area (Å²) in [7, 11) is 0. The Labute approximate surface area is 180 Å². The van der Waals surface area contributed by atoms with Gasteiger partial charge in [0.05, 0.1) is 25.8 Å². The Morgan fingerprint density at radius 3 is 2.72 bits per heavy atom. The van der Waals surface area contributed by atoms with Gasteiger partial charge in [0.15, 0.2) is 11.6 Å². The first kappa shape index (κ1) is 22.2. The number of Topliss-reactive ketones (excluding diaryl/α,β-unsaturated/α-hetero) is 1. The molecule has 1 fully saturated rings. The first-order chi connectivity index (χ1) is 15.2. The number of aromatic nitrogens is 3. The molecule has 2 aliphatic rings. The average molecular weight is 455 g/mol. The van der Waals surface area contributed by atoms with E-state index in [1.54, 1.807) is 19.1 Å². The van der Waals surface area contributed by atoms with Crippen LogP contribution in [0.3, 0.4) is 0 Å². The third-order valence-electron chi connectivity index (χ3n) is 5.59. The molecule has 0 amide bonds. The van der Waals surface area contributed by atoms with Gasteiger partial charge in [-0.1, -0.05) is 6.07 Å². The molecule has 2 atom stereocenters. The molecule has 1 saturated heterocycles. The molecule has 2 unspecified atom stereocenters. The van der Waals surface area contributed by atoms with Crippen LogP contribution in [-0.2, 0) is 4.74 Å². The number of ether oxygens (including phenoxy) is 1. The number of rotatable bonds is 4. The van der Waals surface area contributed by atoms with Crippen molar-refractivity contribution in [3.8, 4) is 0 Å². The highest BCUT2D eigenvalue weighted by atomic mass is 19.4. The zero-order valence-electron chi connectivity index (χ0n) is 17.2. The molecule has 0 aromatic carbocycles. The van der Waals surface area contributed by atoms with Crippen LogP contribution in [0.25, 0.3) is 0 Å². The highest BCUT2D eigenvalue weighted by Gasteiger charge is 2.47. The highest BCUT2D eigenvalue weighted by Crippen LogP contribution is 2.38. The van der Waals surface area contributed by atoms with Crippen molar-refractivity contribution in [2.24, 2.45) is 0 Å². The maximum absolute atomic E-state index is 15.0. The van der Waals surface area contributed by atoms with Gasteiger partial charge in [0.25, 0.3) is 5.56 Å². The zero-order valence-corrected chi connectivity index (χ0v) is 17.2. The second kappa shape index (κ2) is 8.49. The maximum Gasteiger partial charge on any atom is 0.409 e. The van der Waals surface area contributed by atoms with Crippen LogP contribution in [0.5, 0.6) is 0 Å². The first-order valence-electron chi connectivity index (χ1n) is 10.1. The number of carbonyl (C=O) groups is 1. The van der Waals surface area contributed by atoms with Crippen LogP contribution in [0.15, 0.2) is 29.2 Å². The van der Waals surface area contributed by atoms with Crippen molar-refractivity contribution < 1.29 is 27.1 Å². The largest absolute Gasteiger partial charge is 0.409 e. The van der Waals surface area contributed by atoms with Crippen molar-refractivity contribution in [3.63, 3.8) is 0 Å². The number of ketones is 1. The topological polar surface area (TPSA) is 80.6 Å². The summed E-state index contributed by atoms with van der Waals surface area (Å²) in [6.45, 7) is 1.95. The fourth-order valence-corrected chi connectivity index (χ4v) is 3.98. The van der Waals surface area contributed by atoms with Gasteiger partial charge in [0.1, 0.15) is 11.7 Å². The van der Waals surface area contributed by atoms with E-state index in [1.807, 2.05) is 0 Å². The molecule has 0 radical (unpaired) electrons. The summed E-state index contributed by atoms with van der Waals surface area (Å²) in [4.78, 5) is 36.3. The molecule has 0 aliphatic carbocycles. The Morgan fingerprint density at radius 2 is 2.06 bits per heavy atom. The Balaban J connectivity index is 1.80. The van der Waals surface area contributed by atoms with E-state index < -0.39 is 35.8 Å². The monoisotopic (exact) mass is 455 g/mol. The summed E-state index contributed by atoms with van der Waals surface area (Å²) in [5.74, 6) is -2.53. The van der Waals surface area contributed by atoms with Crippen molar-refractivity contribution in [2.75, 3.05) is 42.6 Å². The van der Waals surface area contributed by atoms with E-state index in [1.165, 1.54) is 22.1 Å². The van der Waals surface area contributed by atoms with Gasteiger partial charge in [0.2, 0.25) is 11.8 Å². The minimum absolute atomic E-state index is 0.128. The molecule has 0 spiro atoms. The van der Waals surface area contributed by atoms with E-state index in [4.69, 9.17) is 4.74 Å². The maximum atomic E-state index is 15.0. The fourth-order valence-electron chi connectivity index (χ4n) is 3.98. The summed E-state index contributed by atoms with van der Waals surface area (Å²) < 4.78 is 61.7. The number of hydrogen-bond donors (Lipinski definition) is 0. The van der Waals surface area contributed by atoms with E-state index in [2.05, 4.69) is 9.97 Å². The second-order valence-electron chi connectivity index (χ2n) is 7.75. The molecule has 12 heteroatoms. The molecule has 0 bridgehead atoms. The van der Waals surface area contributed by atoms with Gasteiger partial charge < -0.3 is 14.5 Å². The molecule has 2 aromatic heterocycles. The number of fused-ring (bicyclic) bond motifs is 1. The Morgan fingerprint density at radius 1 is 1.28 bits per heavy atom. The molecule has 172 valence electrons. The standard InChI is InChI=1S/C20H21F4N5O3/c1-12-11-32-9-8-28(12)17-16(21)18(31)29-15(20(22,23)24)5-7-27(19(29)26-17)10-14(30)13-4-2-3-6-25-13/h2-4,6,12,15H,5,7-11H2,1H3. The lowest BCUT2D eigenvalue weighted by atomic mass is 10.1.